The lowest BCUT2D eigenvalue weighted by Crippen LogP contribution is -2.15. The molecule has 3 rings (SSSR count). The zero-order valence-corrected chi connectivity index (χ0v) is 15.2. The fourth-order valence-electron chi connectivity index (χ4n) is 2.96. The highest BCUT2D eigenvalue weighted by molar-refractivity contribution is 6.33. The van der Waals surface area contributed by atoms with Crippen molar-refractivity contribution in [1.29, 1.82) is 0 Å². The van der Waals surface area contributed by atoms with Crippen molar-refractivity contribution >= 4 is 34.2 Å². The highest BCUT2D eigenvalue weighted by Gasteiger charge is 2.16. The number of ether oxygens (including phenoxy) is 1. The van der Waals surface area contributed by atoms with Gasteiger partial charge < -0.3 is 14.5 Å². The lowest BCUT2D eigenvalue weighted by Gasteiger charge is -2.11. The summed E-state index contributed by atoms with van der Waals surface area (Å²) in [5, 5.41) is 4.52. The first kappa shape index (κ1) is 17.4. The van der Waals surface area contributed by atoms with E-state index < -0.39 is 0 Å². The first-order valence-electron chi connectivity index (χ1n) is 8.18. The number of amides is 1. The maximum absolute atomic E-state index is 12.5. The summed E-state index contributed by atoms with van der Waals surface area (Å²) >= 11 is 6.35. The van der Waals surface area contributed by atoms with E-state index >= 15 is 0 Å². The summed E-state index contributed by atoms with van der Waals surface area (Å²) in [6, 6.07) is 9.29. The number of hydrogen-bond acceptors (Lipinski definition) is 3. The largest absolute Gasteiger partial charge is 0.492 e. The van der Waals surface area contributed by atoms with E-state index in [1.54, 1.807) is 6.26 Å². The van der Waals surface area contributed by atoms with Gasteiger partial charge in [0.25, 0.3) is 0 Å². The number of aryl methyl sites for hydroxylation is 2. The summed E-state index contributed by atoms with van der Waals surface area (Å²) in [5.74, 6) is 0.524. The third-order valence-electron chi connectivity index (χ3n) is 4.11. The molecule has 1 heterocycles. The third-order valence-corrected chi connectivity index (χ3v) is 4.69. The molecule has 1 amide bonds. The Bertz CT molecular complexity index is 930. The van der Waals surface area contributed by atoms with Crippen LogP contribution in [0.1, 0.15) is 23.6 Å². The topological polar surface area (TPSA) is 51.5 Å². The highest BCUT2D eigenvalue weighted by Crippen LogP contribution is 2.33. The van der Waals surface area contributed by atoms with Gasteiger partial charge in [0.1, 0.15) is 11.3 Å². The highest BCUT2D eigenvalue weighted by atomic mass is 35.5. The van der Waals surface area contributed by atoms with Crippen LogP contribution in [0.2, 0.25) is 5.02 Å². The SMILES string of the molecule is CCOc1ccccc1NC(=O)Cc1coc2cc(C)c(Cl)c(C)c12. The molecule has 5 heteroatoms. The summed E-state index contributed by atoms with van der Waals surface area (Å²) in [6.45, 7) is 6.33. The van der Waals surface area contributed by atoms with Gasteiger partial charge in [-0.15, -0.1) is 0 Å². The van der Waals surface area contributed by atoms with Crippen LogP contribution in [0.25, 0.3) is 11.0 Å². The average molecular weight is 358 g/mol. The predicted molar refractivity (Wildman–Crippen MR) is 101 cm³/mol. The minimum Gasteiger partial charge on any atom is -0.492 e. The van der Waals surface area contributed by atoms with Crippen molar-refractivity contribution in [3.8, 4) is 5.75 Å². The second-order valence-electron chi connectivity index (χ2n) is 5.92. The molecule has 0 spiro atoms. The molecule has 25 heavy (non-hydrogen) atoms. The normalized spacial score (nSPS) is 10.9. The van der Waals surface area contributed by atoms with Gasteiger partial charge in [0.2, 0.25) is 5.91 Å². The van der Waals surface area contributed by atoms with E-state index in [9.17, 15) is 4.79 Å². The average Bonchev–Trinajstić information content (AvgIpc) is 2.97. The Balaban J connectivity index is 1.85. The Labute approximate surface area is 151 Å². The Morgan fingerprint density at radius 3 is 2.80 bits per heavy atom. The zero-order chi connectivity index (χ0) is 18.0. The summed E-state index contributed by atoms with van der Waals surface area (Å²) in [7, 11) is 0. The lowest BCUT2D eigenvalue weighted by molar-refractivity contribution is -0.115. The van der Waals surface area contributed by atoms with Crippen LogP contribution in [0.5, 0.6) is 5.75 Å². The van der Waals surface area contributed by atoms with E-state index in [0.29, 0.717) is 23.1 Å². The molecule has 4 nitrogen and oxygen atoms in total. The summed E-state index contributed by atoms with van der Waals surface area (Å²) < 4.78 is 11.2. The van der Waals surface area contributed by atoms with E-state index in [1.165, 1.54) is 0 Å². The minimum atomic E-state index is -0.133. The summed E-state index contributed by atoms with van der Waals surface area (Å²) in [6.07, 6.45) is 1.83. The molecule has 0 fully saturated rings. The van der Waals surface area contributed by atoms with Gasteiger partial charge in [-0.05, 0) is 50.1 Å². The van der Waals surface area contributed by atoms with E-state index in [0.717, 1.165) is 27.7 Å². The number of benzene rings is 2. The number of carbonyl (C=O) groups is 1. The summed E-state index contributed by atoms with van der Waals surface area (Å²) in [4.78, 5) is 12.5. The van der Waals surface area contributed by atoms with Gasteiger partial charge in [-0.3, -0.25) is 4.79 Å². The van der Waals surface area contributed by atoms with Crippen LogP contribution in [0.15, 0.2) is 41.0 Å². The van der Waals surface area contributed by atoms with E-state index in [2.05, 4.69) is 5.32 Å². The quantitative estimate of drug-likeness (QED) is 0.675. The molecule has 130 valence electrons. The molecule has 0 saturated carbocycles. The maximum Gasteiger partial charge on any atom is 0.229 e. The number of hydrogen-bond donors (Lipinski definition) is 1. The first-order chi connectivity index (χ1) is 12.0. The molecular weight excluding hydrogens is 338 g/mol. The Kier molecular flexibility index (Phi) is 5.00. The second kappa shape index (κ2) is 7.19. The Hall–Kier alpha value is -2.46. The van der Waals surface area contributed by atoms with Gasteiger partial charge in [0.15, 0.2) is 0 Å². The molecule has 1 aromatic heterocycles. The molecule has 0 bridgehead atoms. The number of fused-ring (bicyclic) bond motifs is 1. The van der Waals surface area contributed by atoms with Crippen LogP contribution in [-0.2, 0) is 11.2 Å². The predicted octanol–water partition coefficient (Wildman–Crippen LogP) is 5.28. The fraction of sp³-hybridized carbons (Fsp3) is 0.250. The molecule has 0 aliphatic carbocycles. The lowest BCUT2D eigenvalue weighted by atomic mass is 10.0. The Morgan fingerprint density at radius 2 is 2.04 bits per heavy atom. The second-order valence-corrected chi connectivity index (χ2v) is 6.30. The standard InChI is InChI=1S/C20H20ClNO3/c1-4-24-16-8-6-5-7-15(16)22-18(23)10-14-11-25-17-9-12(2)20(21)13(3)19(14)17/h5-9,11H,4,10H2,1-3H3,(H,22,23). The van der Waals surface area contributed by atoms with Crippen molar-refractivity contribution in [2.75, 3.05) is 11.9 Å². The number of para-hydroxylation sites is 2. The monoisotopic (exact) mass is 357 g/mol. The molecule has 0 radical (unpaired) electrons. The van der Waals surface area contributed by atoms with Gasteiger partial charge in [-0.25, -0.2) is 0 Å². The first-order valence-corrected chi connectivity index (χ1v) is 8.56. The van der Waals surface area contributed by atoms with Gasteiger partial charge in [-0.2, -0.15) is 0 Å². The minimum absolute atomic E-state index is 0.133. The number of nitrogens with one attached hydrogen (secondary N) is 1. The zero-order valence-electron chi connectivity index (χ0n) is 14.5. The van der Waals surface area contributed by atoms with Gasteiger partial charge >= 0.3 is 0 Å². The van der Waals surface area contributed by atoms with Gasteiger partial charge in [0.05, 0.1) is 25.0 Å². The smallest absolute Gasteiger partial charge is 0.229 e. The van der Waals surface area contributed by atoms with E-state index in [1.807, 2.05) is 51.1 Å². The molecule has 0 atom stereocenters. The van der Waals surface area contributed by atoms with Crippen molar-refractivity contribution in [3.05, 3.63) is 58.3 Å². The molecule has 0 saturated heterocycles. The molecule has 2 aromatic carbocycles. The van der Waals surface area contributed by atoms with Crippen molar-refractivity contribution in [3.63, 3.8) is 0 Å². The van der Waals surface area contributed by atoms with Crippen LogP contribution >= 0.6 is 11.6 Å². The third kappa shape index (κ3) is 3.49. The molecule has 0 aliphatic rings. The number of carbonyl (C=O) groups excluding carboxylic acids is 1. The number of furan rings is 1. The Morgan fingerprint density at radius 1 is 1.28 bits per heavy atom. The molecule has 0 aliphatic heterocycles. The number of rotatable bonds is 5. The number of halogens is 1. The van der Waals surface area contributed by atoms with Gasteiger partial charge in [-0.1, -0.05) is 23.7 Å². The maximum atomic E-state index is 12.5. The van der Waals surface area contributed by atoms with Crippen LogP contribution in [-0.4, -0.2) is 12.5 Å². The van der Waals surface area contributed by atoms with Crippen LogP contribution in [0.4, 0.5) is 5.69 Å². The van der Waals surface area contributed by atoms with E-state index in [-0.39, 0.29) is 12.3 Å². The van der Waals surface area contributed by atoms with Crippen LogP contribution in [0, 0.1) is 13.8 Å². The molecule has 0 unspecified atom stereocenters. The van der Waals surface area contributed by atoms with Crippen molar-refractivity contribution in [2.45, 2.75) is 27.2 Å². The number of anilines is 1. The molecular formula is C20H20ClNO3. The van der Waals surface area contributed by atoms with Crippen molar-refractivity contribution < 1.29 is 13.9 Å². The van der Waals surface area contributed by atoms with Crippen molar-refractivity contribution in [2.24, 2.45) is 0 Å². The van der Waals surface area contributed by atoms with Crippen LogP contribution in [0.3, 0.4) is 0 Å². The molecule has 3 aromatic rings. The molecule has 1 N–H and O–H groups in total. The summed E-state index contributed by atoms with van der Waals surface area (Å²) in [5.41, 5.74) is 4.12. The fourth-order valence-corrected chi connectivity index (χ4v) is 3.11. The van der Waals surface area contributed by atoms with Crippen molar-refractivity contribution in [1.82, 2.24) is 0 Å². The van der Waals surface area contributed by atoms with E-state index in [4.69, 9.17) is 20.8 Å². The van der Waals surface area contributed by atoms with Crippen LogP contribution < -0.4 is 10.1 Å². The van der Waals surface area contributed by atoms with Gasteiger partial charge in [0, 0.05) is 16.0 Å².